The fourth-order valence-electron chi connectivity index (χ4n) is 3.46. The summed E-state index contributed by atoms with van der Waals surface area (Å²) in [4.78, 5) is 17.0. The van der Waals surface area contributed by atoms with Crippen LogP contribution in [0.5, 0.6) is 0 Å². The Balaban J connectivity index is 1.51. The third-order valence-electron chi connectivity index (χ3n) is 4.87. The van der Waals surface area contributed by atoms with Crippen molar-refractivity contribution in [2.24, 2.45) is 5.73 Å². The van der Waals surface area contributed by atoms with Crippen molar-refractivity contribution in [2.75, 3.05) is 32.7 Å². The van der Waals surface area contributed by atoms with Crippen molar-refractivity contribution in [3.05, 3.63) is 34.9 Å². The van der Waals surface area contributed by atoms with Gasteiger partial charge in [0.1, 0.15) is 6.10 Å². The molecular weight excluding hydrogens is 326 g/mol. The highest BCUT2D eigenvalue weighted by molar-refractivity contribution is 6.30. The van der Waals surface area contributed by atoms with Crippen molar-refractivity contribution in [3.8, 4) is 0 Å². The first-order chi connectivity index (χ1) is 11.7. The third kappa shape index (κ3) is 4.48. The average Bonchev–Trinajstić information content (AvgIpc) is 2.96. The number of hydrogen-bond acceptors (Lipinski definition) is 4. The summed E-state index contributed by atoms with van der Waals surface area (Å²) in [6.45, 7) is 4.86. The van der Waals surface area contributed by atoms with Crippen LogP contribution in [0.25, 0.3) is 0 Å². The van der Waals surface area contributed by atoms with Gasteiger partial charge in [0, 0.05) is 44.3 Å². The largest absolute Gasteiger partial charge is 0.364 e. The van der Waals surface area contributed by atoms with Crippen LogP contribution in [0.1, 0.15) is 24.8 Å². The second-order valence-electron chi connectivity index (χ2n) is 6.64. The molecule has 132 valence electrons. The molecule has 0 aromatic heterocycles. The van der Waals surface area contributed by atoms with Gasteiger partial charge in [0.25, 0.3) is 5.91 Å². The molecular formula is C18H26ClN3O2. The van der Waals surface area contributed by atoms with Crippen molar-refractivity contribution in [1.82, 2.24) is 9.80 Å². The Morgan fingerprint density at radius 1 is 1.17 bits per heavy atom. The van der Waals surface area contributed by atoms with E-state index in [9.17, 15) is 4.79 Å². The smallest absolute Gasteiger partial charge is 0.251 e. The molecule has 3 rings (SSSR count). The van der Waals surface area contributed by atoms with Gasteiger partial charge in [-0.3, -0.25) is 9.69 Å². The summed E-state index contributed by atoms with van der Waals surface area (Å²) in [5.41, 5.74) is 6.89. The molecule has 2 aliphatic heterocycles. The van der Waals surface area contributed by atoms with E-state index in [1.165, 1.54) is 5.56 Å². The lowest BCUT2D eigenvalue weighted by Gasteiger charge is -2.24. The van der Waals surface area contributed by atoms with Crippen LogP contribution in [0.3, 0.4) is 0 Å². The number of ether oxygens (including phenoxy) is 1. The minimum Gasteiger partial charge on any atom is -0.364 e. The van der Waals surface area contributed by atoms with Crippen LogP contribution >= 0.6 is 11.6 Å². The first-order valence-electron chi connectivity index (χ1n) is 8.77. The summed E-state index contributed by atoms with van der Waals surface area (Å²) >= 11 is 5.94. The fraction of sp³-hybridized carbons (Fsp3) is 0.611. The highest BCUT2D eigenvalue weighted by atomic mass is 35.5. The van der Waals surface area contributed by atoms with Crippen LogP contribution in [0.4, 0.5) is 0 Å². The van der Waals surface area contributed by atoms with Gasteiger partial charge in [0.15, 0.2) is 0 Å². The average molecular weight is 352 g/mol. The van der Waals surface area contributed by atoms with Gasteiger partial charge in [-0.15, -0.1) is 0 Å². The number of benzene rings is 1. The molecule has 0 aliphatic carbocycles. The molecule has 2 heterocycles. The minimum absolute atomic E-state index is 0.0485. The van der Waals surface area contributed by atoms with Crippen LogP contribution in [0.2, 0.25) is 5.02 Å². The Morgan fingerprint density at radius 3 is 2.67 bits per heavy atom. The molecule has 0 saturated carbocycles. The van der Waals surface area contributed by atoms with E-state index in [0.717, 1.165) is 57.0 Å². The van der Waals surface area contributed by atoms with Crippen LogP contribution < -0.4 is 5.73 Å². The van der Waals surface area contributed by atoms with Gasteiger partial charge in [-0.05, 0) is 37.0 Å². The lowest BCUT2D eigenvalue weighted by molar-refractivity contribution is -0.142. The monoisotopic (exact) mass is 351 g/mol. The summed E-state index contributed by atoms with van der Waals surface area (Å²) < 4.78 is 5.76. The molecule has 0 unspecified atom stereocenters. The number of nitrogens with zero attached hydrogens (tertiary/aromatic N) is 2. The topological polar surface area (TPSA) is 58.8 Å². The Kier molecular flexibility index (Phi) is 6.11. The summed E-state index contributed by atoms with van der Waals surface area (Å²) in [7, 11) is 0. The summed E-state index contributed by atoms with van der Waals surface area (Å²) in [5, 5.41) is 0.763. The van der Waals surface area contributed by atoms with E-state index in [1.54, 1.807) is 0 Å². The molecule has 2 saturated heterocycles. The first kappa shape index (κ1) is 17.7. The van der Waals surface area contributed by atoms with Crippen LogP contribution in [-0.2, 0) is 16.1 Å². The number of amides is 1. The molecule has 2 atom stereocenters. The molecule has 2 N–H and O–H groups in total. The Bertz CT molecular complexity index is 552. The number of carbonyl (C=O) groups excluding carboxylic acids is 1. The zero-order valence-corrected chi connectivity index (χ0v) is 14.8. The molecule has 1 amide bonds. The quantitative estimate of drug-likeness (QED) is 0.899. The molecule has 1 aromatic rings. The van der Waals surface area contributed by atoms with Gasteiger partial charge in [-0.1, -0.05) is 23.7 Å². The Morgan fingerprint density at radius 2 is 1.96 bits per heavy atom. The normalized spacial score (nSPS) is 25.7. The second-order valence-corrected chi connectivity index (χ2v) is 7.08. The molecule has 0 radical (unpaired) electrons. The predicted molar refractivity (Wildman–Crippen MR) is 94.9 cm³/mol. The Hall–Kier alpha value is -1.14. The van der Waals surface area contributed by atoms with E-state index in [4.69, 9.17) is 22.1 Å². The van der Waals surface area contributed by atoms with Crippen LogP contribution in [-0.4, -0.2) is 60.6 Å². The van der Waals surface area contributed by atoms with Crippen LogP contribution in [0.15, 0.2) is 24.3 Å². The van der Waals surface area contributed by atoms with Crippen molar-refractivity contribution in [1.29, 1.82) is 0 Å². The number of rotatable bonds is 4. The molecule has 1 aromatic carbocycles. The van der Waals surface area contributed by atoms with Crippen molar-refractivity contribution < 1.29 is 9.53 Å². The maximum Gasteiger partial charge on any atom is 0.251 e. The van der Waals surface area contributed by atoms with E-state index >= 15 is 0 Å². The summed E-state index contributed by atoms with van der Waals surface area (Å²) in [5.74, 6) is 0.138. The predicted octanol–water partition coefficient (Wildman–Crippen LogP) is 1.88. The van der Waals surface area contributed by atoms with Crippen molar-refractivity contribution in [3.63, 3.8) is 0 Å². The molecule has 0 bridgehead atoms. The SMILES string of the molecule is NC[C@H]1CC[C@@H](C(=O)N2CCCN(Cc3ccc(Cl)cc3)CC2)O1. The van der Waals surface area contributed by atoms with E-state index < -0.39 is 0 Å². The van der Waals surface area contributed by atoms with Gasteiger partial charge < -0.3 is 15.4 Å². The van der Waals surface area contributed by atoms with Gasteiger partial charge >= 0.3 is 0 Å². The van der Waals surface area contributed by atoms with Gasteiger partial charge in [-0.25, -0.2) is 0 Å². The lowest BCUT2D eigenvalue weighted by atomic mass is 10.2. The summed E-state index contributed by atoms with van der Waals surface area (Å²) in [6.07, 6.45) is 2.44. The second kappa shape index (κ2) is 8.30. The molecule has 2 fully saturated rings. The zero-order valence-electron chi connectivity index (χ0n) is 14.0. The number of carbonyl (C=O) groups is 1. The van der Waals surface area contributed by atoms with Crippen molar-refractivity contribution in [2.45, 2.75) is 38.0 Å². The summed E-state index contributed by atoms with van der Waals surface area (Å²) in [6, 6.07) is 7.98. The van der Waals surface area contributed by atoms with Gasteiger partial charge in [-0.2, -0.15) is 0 Å². The van der Waals surface area contributed by atoms with E-state index in [2.05, 4.69) is 17.0 Å². The third-order valence-corrected chi connectivity index (χ3v) is 5.12. The minimum atomic E-state index is -0.290. The number of halogens is 1. The molecule has 6 heteroatoms. The van der Waals surface area contributed by atoms with Crippen molar-refractivity contribution >= 4 is 17.5 Å². The van der Waals surface area contributed by atoms with E-state index in [0.29, 0.717) is 6.54 Å². The Labute approximate surface area is 148 Å². The molecule has 24 heavy (non-hydrogen) atoms. The highest BCUT2D eigenvalue weighted by Crippen LogP contribution is 2.21. The highest BCUT2D eigenvalue weighted by Gasteiger charge is 2.33. The number of hydrogen-bond donors (Lipinski definition) is 1. The van der Waals surface area contributed by atoms with E-state index in [-0.39, 0.29) is 18.1 Å². The standard InChI is InChI=1S/C18H26ClN3O2/c19-15-4-2-14(3-5-15)13-21-8-1-9-22(11-10-21)18(23)17-7-6-16(12-20)24-17/h2-5,16-17H,1,6-13,20H2/t16-,17+/m1/s1. The van der Waals surface area contributed by atoms with Gasteiger partial charge in [0.05, 0.1) is 6.10 Å². The molecule has 5 nitrogen and oxygen atoms in total. The molecule has 2 aliphatic rings. The maximum absolute atomic E-state index is 12.6. The molecule has 0 spiro atoms. The fourth-order valence-corrected chi connectivity index (χ4v) is 3.59. The maximum atomic E-state index is 12.6. The first-order valence-corrected chi connectivity index (χ1v) is 9.14. The van der Waals surface area contributed by atoms with Crippen LogP contribution in [0, 0.1) is 0 Å². The lowest BCUT2D eigenvalue weighted by Crippen LogP contribution is -2.41. The number of nitrogens with two attached hydrogens (primary N) is 1. The van der Waals surface area contributed by atoms with E-state index in [1.807, 2.05) is 17.0 Å². The zero-order chi connectivity index (χ0) is 16.9. The van der Waals surface area contributed by atoms with Gasteiger partial charge in [0.2, 0.25) is 0 Å².